The van der Waals surface area contributed by atoms with Crippen LogP contribution in [0, 0.1) is 13.8 Å². The van der Waals surface area contributed by atoms with Crippen LogP contribution >= 0.6 is 0 Å². The van der Waals surface area contributed by atoms with Crippen LogP contribution in [0.5, 0.6) is 11.5 Å². The predicted octanol–water partition coefficient (Wildman–Crippen LogP) is 5.09. The third-order valence-electron chi connectivity index (χ3n) is 5.22. The number of amides is 1. The first-order valence-electron chi connectivity index (χ1n) is 10.3. The van der Waals surface area contributed by atoms with Gasteiger partial charge in [-0.3, -0.25) is 9.59 Å². The standard InChI is InChI=1S/C26H27NO4/c1-18-17-22(13-11-21(18)12-14-25(28)29)31-24-10-6-9-23(19(24)2)26(30)27-16-15-20-7-4-3-5-8-20/h3-11,13,17H,12,14-16H2,1-2H3,(H,27,30)(H,28,29). The Morgan fingerprint density at radius 1 is 0.935 bits per heavy atom. The SMILES string of the molecule is Cc1cc(Oc2cccc(C(=O)NCCc3ccccc3)c2C)ccc1CCC(=O)O. The Morgan fingerprint density at radius 2 is 1.71 bits per heavy atom. The van der Waals surface area contributed by atoms with E-state index in [1.54, 1.807) is 6.07 Å². The molecule has 160 valence electrons. The summed E-state index contributed by atoms with van der Waals surface area (Å²) in [5.41, 5.74) is 4.50. The number of hydrogen-bond acceptors (Lipinski definition) is 3. The van der Waals surface area contributed by atoms with Crippen LogP contribution in [0.4, 0.5) is 0 Å². The van der Waals surface area contributed by atoms with E-state index in [0.29, 0.717) is 30.0 Å². The highest BCUT2D eigenvalue weighted by atomic mass is 16.5. The van der Waals surface area contributed by atoms with Crippen molar-refractivity contribution in [3.05, 3.63) is 94.5 Å². The highest BCUT2D eigenvalue weighted by molar-refractivity contribution is 5.96. The van der Waals surface area contributed by atoms with Gasteiger partial charge in [-0.05, 0) is 67.6 Å². The molecule has 5 nitrogen and oxygen atoms in total. The minimum Gasteiger partial charge on any atom is -0.481 e. The van der Waals surface area contributed by atoms with Crippen LogP contribution in [0.15, 0.2) is 66.7 Å². The first-order chi connectivity index (χ1) is 14.9. The second kappa shape index (κ2) is 10.4. The Labute approximate surface area is 182 Å². The number of benzene rings is 3. The fourth-order valence-corrected chi connectivity index (χ4v) is 3.41. The van der Waals surface area contributed by atoms with Crippen LogP contribution in [0.3, 0.4) is 0 Å². The van der Waals surface area contributed by atoms with E-state index in [4.69, 9.17) is 9.84 Å². The molecule has 0 saturated heterocycles. The van der Waals surface area contributed by atoms with Gasteiger partial charge in [-0.25, -0.2) is 0 Å². The van der Waals surface area contributed by atoms with Crippen molar-refractivity contribution in [1.82, 2.24) is 5.32 Å². The molecule has 0 spiro atoms. The second-order valence-corrected chi connectivity index (χ2v) is 7.50. The number of carbonyl (C=O) groups excluding carboxylic acids is 1. The summed E-state index contributed by atoms with van der Waals surface area (Å²) in [5.74, 6) is 0.336. The topological polar surface area (TPSA) is 75.6 Å². The van der Waals surface area contributed by atoms with Gasteiger partial charge in [0, 0.05) is 24.1 Å². The fourth-order valence-electron chi connectivity index (χ4n) is 3.41. The third-order valence-corrected chi connectivity index (χ3v) is 5.22. The van der Waals surface area contributed by atoms with Gasteiger partial charge >= 0.3 is 5.97 Å². The van der Waals surface area contributed by atoms with Crippen LogP contribution in [-0.4, -0.2) is 23.5 Å². The molecular formula is C26H27NO4. The molecule has 3 rings (SSSR count). The van der Waals surface area contributed by atoms with Gasteiger partial charge in [0.15, 0.2) is 0 Å². The molecule has 3 aromatic rings. The second-order valence-electron chi connectivity index (χ2n) is 7.50. The highest BCUT2D eigenvalue weighted by Crippen LogP contribution is 2.29. The smallest absolute Gasteiger partial charge is 0.303 e. The molecule has 0 unspecified atom stereocenters. The van der Waals surface area contributed by atoms with Crippen molar-refractivity contribution in [2.75, 3.05) is 6.54 Å². The van der Waals surface area contributed by atoms with Gasteiger partial charge in [0.25, 0.3) is 5.91 Å². The van der Waals surface area contributed by atoms with Crippen molar-refractivity contribution < 1.29 is 19.4 Å². The van der Waals surface area contributed by atoms with Crippen molar-refractivity contribution in [2.24, 2.45) is 0 Å². The Balaban J connectivity index is 1.65. The number of aryl methyl sites for hydroxylation is 2. The van der Waals surface area contributed by atoms with Crippen molar-refractivity contribution in [1.29, 1.82) is 0 Å². The molecule has 0 radical (unpaired) electrons. The van der Waals surface area contributed by atoms with E-state index in [-0.39, 0.29) is 12.3 Å². The maximum atomic E-state index is 12.7. The van der Waals surface area contributed by atoms with Gasteiger partial charge in [-0.1, -0.05) is 42.5 Å². The van der Waals surface area contributed by atoms with Gasteiger partial charge < -0.3 is 15.2 Å². The summed E-state index contributed by atoms with van der Waals surface area (Å²) in [7, 11) is 0. The average molecular weight is 418 g/mol. The molecule has 31 heavy (non-hydrogen) atoms. The number of nitrogens with one attached hydrogen (secondary N) is 1. The summed E-state index contributed by atoms with van der Waals surface area (Å²) < 4.78 is 6.04. The lowest BCUT2D eigenvalue weighted by atomic mass is 10.0. The fraction of sp³-hybridized carbons (Fsp3) is 0.231. The van der Waals surface area contributed by atoms with Gasteiger partial charge in [0.1, 0.15) is 11.5 Å². The van der Waals surface area contributed by atoms with Crippen LogP contribution in [0.2, 0.25) is 0 Å². The predicted molar refractivity (Wildman–Crippen MR) is 121 cm³/mol. The minimum absolute atomic E-state index is 0.0988. The number of carboxylic acids is 1. The maximum absolute atomic E-state index is 12.7. The molecule has 0 saturated carbocycles. The number of hydrogen-bond donors (Lipinski definition) is 2. The number of carbonyl (C=O) groups is 2. The van der Waals surface area contributed by atoms with Gasteiger partial charge in [-0.15, -0.1) is 0 Å². The molecule has 0 aromatic heterocycles. The first-order valence-corrected chi connectivity index (χ1v) is 10.3. The van der Waals surface area contributed by atoms with E-state index in [2.05, 4.69) is 5.32 Å². The maximum Gasteiger partial charge on any atom is 0.303 e. The summed E-state index contributed by atoms with van der Waals surface area (Å²) in [4.78, 5) is 23.5. The van der Waals surface area contributed by atoms with E-state index < -0.39 is 5.97 Å². The Bertz CT molecular complexity index is 1060. The molecule has 0 aliphatic rings. The van der Waals surface area contributed by atoms with Crippen LogP contribution in [0.1, 0.15) is 39.0 Å². The number of ether oxygens (including phenoxy) is 1. The van der Waals surface area contributed by atoms with Crippen molar-refractivity contribution in [2.45, 2.75) is 33.1 Å². The summed E-state index contributed by atoms with van der Waals surface area (Å²) in [5, 5.41) is 11.8. The molecule has 0 aliphatic heterocycles. The monoisotopic (exact) mass is 417 g/mol. The molecule has 0 heterocycles. The zero-order valence-corrected chi connectivity index (χ0v) is 17.9. The number of rotatable bonds is 9. The number of aliphatic carboxylic acids is 1. The molecule has 1 amide bonds. The van der Waals surface area contributed by atoms with Crippen LogP contribution in [0.25, 0.3) is 0 Å². The average Bonchev–Trinajstić information content (AvgIpc) is 2.75. The van der Waals surface area contributed by atoms with E-state index in [9.17, 15) is 9.59 Å². The molecular weight excluding hydrogens is 390 g/mol. The third kappa shape index (κ3) is 6.19. The summed E-state index contributed by atoms with van der Waals surface area (Å²) in [6.07, 6.45) is 1.36. The van der Waals surface area contributed by atoms with Gasteiger partial charge in [0.05, 0.1) is 0 Å². The van der Waals surface area contributed by atoms with Gasteiger partial charge in [-0.2, -0.15) is 0 Å². The van der Waals surface area contributed by atoms with Gasteiger partial charge in [0.2, 0.25) is 0 Å². The van der Waals surface area contributed by atoms with E-state index in [1.165, 1.54) is 5.56 Å². The Hall–Kier alpha value is -3.60. The molecule has 3 aromatic carbocycles. The van der Waals surface area contributed by atoms with E-state index >= 15 is 0 Å². The zero-order valence-electron chi connectivity index (χ0n) is 17.9. The molecule has 5 heteroatoms. The normalized spacial score (nSPS) is 10.5. The molecule has 0 fully saturated rings. The molecule has 0 aliphatic carbocycles. The first kappa shape index (κ1) is 22.1. The summed E-state index contributed by atoms with van der Waals surface area (Å²) in [6, 6.07) is 21.1. The molecule has 0 bridgehead atoms. The van der Waals surface area contributed by atoms with E-state index in [0.717, 1.165) is 23.1 Å². The summed E-state index contributed by atoms with van der Waals surface area (Å²) >= 11 is 0. The molecule has 2 N–H and O–H groups in total. The van der Waals surface area contributed by atoms with Crippen LogP contribution < -0.4 is 10.1 Å². The number of carboxylic acid groups (broad SMARTS) is 1. The Kier molecular flexibility index (Phi) is 7.44. The van der Waals surface area contributed by atoms with Crippen LogP contribution in [-0.2, 0) is 17.6 Å². The Morgan fingerprint density at radius 3 is 2.42 bits per heavy atom. The zero-order chi connectivity index (χ0) is 22.2. The quantitative estimate of drug-likeness (QED) is 0.509. The minimum atomic E-state index is -0.811. The van der Waals surface area contributed by atoms with Crippen molar-refractivity contribution in [3.8, 4) is 11.5 Å². The largest absolute Gasteiger partial charge is 0.481 e. The van der Waals surface area contributed by atoms with E-state index in [1.807, 2.05) is 74.5 Å². The highest BCUT2D eigenvalue weighted by Gasteiger charge is 2.13. The molecule has 0 atom stereocenters. The lowest BCUT2D eigenvalue weighted by Crippen LogP contribution is -2.26. The van der Waals surface area contributed by atoms with Crippen molar-refractivity contribution in [3.63, 3.8) is 0 Å². The van der Waals surface area contributed by atoms with Crippen molar-refractivity contribution >= 4 is 11.9 Å². The summed E-state index contributed by atoms with van der Waals surface area (Å²) in [6.45, 7) is 4.37. The lowest BCUT2D eigenvalue weighted by molar-refractivity contribution is -0.136. The lowest BCUT2D eigenvalue weighted by Gasteiger charge is -2.14.